The van der Waals surface area contributed by atoms with Crippen LogP contribution >= 0.6 is 0 Å². The third-order valence-corrected chi connectivity index (χ3v) is 3.53. The van der Waals surface area contributed by atoms with Gasteiger partial charge in [-0.25, -0.2) is 0 Å². The van der Waals surface area contributed by atoms with E-state index in [4.69, 9.17) is 0 Å². The van der Waals surface area contributed by atoms with Gasteiger partial charge in [0.2, 0.25) is 0 Å². The van der Waals surface area contributed by atoms with Crippen molar-refractivity contribution in [3.05, 3.63) is 0 Å². The molecule has 0 radical (unpaired) electrons. The molecule has 0 aliphatic rings. The number of hydrogen-bond donors (Lipinski definition) is 0. The van der Waals surface area contributed by atoms with Gasteiger partial charge < -0.3 is 0 Å². The average molecular weight is 198 g/mol. The summed E-state index contributed by atoms with van der Waals surface area (Å²) in [5.41, 5.74) is 1.33. The van der Waals surface area contributed by atoms with E-state index in [1.54, 1.807) is 0 Å². The molecule has 0 bridgehead atoms. The summed E-state index contributed by atoms with van der Waals surface area (Å²) in [5.74, 6) is 0. The molecule has 0 N–H and O–H groups in total. The Kier molecular flexibility index (Phi) is 4.24. The first kappa shape index (κ1) is 14.0. The molecular weight excluding hydrogens is 168 g/mol. The first-order valence-electron chi connectivity index (χ1n) is 6.02. The minimum absolute atomic E-state index is 0.413. The van der Waals surface area contributed by atoms with Gasteiger partial charge in [-0.3, -0.25) is 0 Å². The van der Waals surface area contributed by atoms with E-state index in [9.17, 15) is 0 Å². The molecule has 0 saturated carbocycles. The van der Waals surface area contributed by atoms with Gasteiger partial charge in [0, 0.05) is 0 Å². The maximum atomic E-state index is 2.46. The van der Waals surface area contributed by atoms with Crippen LogP contribution < -0.4 is 0 Å². The summed E-state index contributed by atoms with van der Waals surface area (Å²) >= 11 is 0. The highest BCUT2D eigenvalue weighted by atomic mass is 14.4. The van der Waals surface area contributed by atoms with Crippen molar-refractivity contribution in [3.63, 3.8) is 0 Å². The van der Waals surface area contributed by atoms with Gasteiger partial charge in [-0.15, -0.1) is 0 Å². The molecule has 0 rings (SSSR count). The highest BCUT2D eigenvalue weighted by Crippen LogP contribution is 2.49. The van der Waals surface area contributed by atoms with Crippen LogP contribution in [0.4, 0.5) is 0 Å². The molecule has 0 spiro atoms. The molecule has 86 valence electrons. The molecule has 0 aromatic carbocycles. The van der Waals surface area contributed by atoms with E-state index in [1.807, 2.05) is 0 Å². The molecule has 0 aromatic rings. The Morgan fingerprint density at radius 1 is 0.786 bits per heavy atom. The van der Waals surface area contributed by atoms with Gasteiger partial charge in [0.15, 0.2) is 0 Å². The summed E-state index contributed by atoms with van der Waals surface area (Å²) in [7, 11) is 0. The van der Waals surface area contributed by atoms with Crippen LogP contribution in [-0.2, 0) is 0 Å². The summed E-state index contributed by atoms with van der Waals surface area (Å²) < 4.78 is 0. The quantitative estimate of drug-likeness (QED) is 0.579. The Labute approximate surface area is 91.5 Å². The predicted molar refractivity (Wildman–Crippen MR) is 66.5 cm³/mol. The monoisotopic (exact) mass is 198 g/mol. The maximum Gasteiger partial charge on any atom is -0.0272 e. The lowest BCUT2D eigenvalue weighted by Gasteiger charge is -2.46. The van der Waals surface area contributed by atoms with Crippen LogP contribution in [0, 0.1) is 16.2 Å². The average Bonchev–Trinajstić information content (AvgIpc) is 1.79. The molecule has 0 aliphatic carbocycles. The van der Waals surface area contributed by atoms with Gasteiger partial charge in [-0.05, 0) is 29.1 Å². The van der Waals surface area contributed by atoms with Crippen LogP contribution in [0.3, 0.4) is 0 Å². The van der Waals surface area contributed by atoms with E-state index in [1.165, 1.54) is 19.3 Å². The van der Waals surface area contributed by atoms with Crippen LogP contribution in [-0.4, -0.2) is 0 Å². The molecule has 14 heavy (non-hydrogen) atoms. The van der Waals surface area contributed by atoms with E-state index < -0.39 is 0 Å². The molecule has 0 aromatic heterocycles. The lowest BCUT2D eigenvalue weighted by atomic mass is 9.59. The normalized spacial score (nSPS) is 18.0. The first-order valence-corrected chi connectivity index (χ1v) is 6.02. The molecule has 1 atom stereocenters. The Bertz CT molecular complexity index is 165. The van der Waals surface area contributed by atoms with Crippen molar-refractivity contribution >= 4 is 0 Å². The van der Waals surface area contributed by atoms with E-state index >= 15 is 0 Å². The van der Waals surface area contributed by atoms with Gasteiger partial charge in [-0.2, -0.15) is 0 Å². The van der Waals surface area contributed by atoms with Crippen molar-refractivity contribution in [2.75, 3.05) is 0 Å². The fourth-order valence-electron chi connectivity index (χ4n) is 2.45. The van der Waals surface area contributed by atoms with E-state index in [0.717, 1.165) is 0 Å². The van der Waals surface area contributed by atoms with Gasteiger partial charge in [0.25, 0.3) is 0 Å². The minimum Gasteiger partial charge on any atom is -0.0654 e. The predicted octanol–water partition coefficient (Wildman–Crippen LogP) is 5.28. The lowest BCUT2D eigenvalue weighted by molar-refractivity contribution is 0.0443. The van der Waals surface area contributed by atoms with Crippen molar-refractivity contribution in [1.29, 1.82) is 0 Å². The van der Waals surface area contributed by atoms with Crippen LogP contribution in [0.15, 0.2) is 0 Å². The zero-order chi connectivity index (χ0) is 11.6. The molecule has 0 saturated heterocycles. The largest absolute Gasteiger partial charge is 0.0654 e. The highest BCUT2D eigenvalue weighted by molar-refractivity contribution is 4.89. The summed E-state index contributed by atoms with van der Waals surface area (Å²) in [4.78, 5) is 0. The minimum atomic E-state index is 0.413. The standard InChI is InChI=1S/C14H30/c1-9-10-14(8,13(5,6)7)11-12(2,3)4/h9-11H2,1-8H3. The van der Waals surface area contributed by atoms with Crippen molar-refractivity contribution in [2.24, 2.45) is 16.2 Å². The molecule has 0 nitrogen and oxygen atoms in total. The van der Waals surface area contributed by atoms with E-state index in [0.29, 0.717) is 16.2 Å². The Balaban J connectivity index is 4.74. The second-order valence-electron chi connectivity index (χ2n) is 7.30. The second-order valence-corrected chi connectivity index (χ2v) is 7.30. The second kappa shape index (κ2) is 4.24. The third-order valence-electron chi connectivity index (χ3n) is 3.53. The highest BCUT2D eigenvalue weighted by Gasteiger charge is 2.39. The van der Waals surface area contributed by atoms with Crippen LogP contribution in [0.25, 0.3) is 0 Å². The van der Waals surface area contributed by atoms with E-state index in [-0.39, 0.29) is 0 Å². The van der Waals surface area contributed by atoms with Gasteiger partial charge in [-0.1, -0.05) is 61.8 Å². The van der Waals surface area contributed by atoms with Crippen LogP contribution in [0.1, 0.15) is 74.7 Å². The summed E-state index contributed by atoms with van der Waals surface area (Å²) in [5, 5.41) is 0. The molecule has 0 aliphatic heterocycles. The Hall–Kier alpha value is 0. The molecule has 0 amide bonds. The van der Waals surface area contributed by atoms with Crippen molar-refractivity contribution in [2.45, 2.75) is 74.7 Å². The maximum absolute atomic E-state index is 2.46. The third kappa shape index (κ3) is 4.02. The smallest absolute Gasteiger partial charge is 0.0272 e. The van der Waals surface area contributed by atoms with Crippen LogP contribution in [0.2, 0.25) is 0 Å². The first-order chi connectivity index (χ1) is 6.02. The molecule has 0 heteroatoms. The van der Waals surface area contributed by atoms with Crippen molar-refractivity contribution < 1.29 is 0 Å². The summed E-state index contributed by atoms with van der Waals surface area (Å²) in [6.45, 7) is 19.0. The fourth-order valence-corrected chi connectivity index (χ4v) is 2.45. The topological polar surface area (TPSA) is 0 Å². The molecule has 1 unspecified atom stereocenters. The van der Waals surface area contributed by atoms with Crippen molar-refractivity contribution in [3.8, 4) is 0 Å². The van der Waals surface area contributed by atoms with Gasteiger partial charge in [0.1, 0.15) is 0 Å². The van der Waals surface area contributed by atoms with Crippen LogP contribution in [0.5, 0.6) is 0 Å². The Morgan fingerprint density at radius 3 is 1.43 bits per heavy atom. The zero-order valence-corrected chi connectivity index (χ0v) is 11.6. The molecule has 0 fully saturated rings. The lowest BCUT2D eigenvalue weighted by Crippen LogP contribution is -2.36. The number of rotatable bonds is 3. The molecular formula is C14H30. The van der Waals surface area contributed by atoms with Crippen molar-refractivity contribution in [1.82, 2.24) is 0 Å². The fraction of sp³-hybridized carbons (Fsp3) is 1.00. The summed E-state index contributed by atoms with van der Waals surface area (Å²) in [6.07, 6.45) is 3.95. The van der Waals surface area contributed by atoms with Gasteiger partial charge >= 0.3 is 0 Å². The zero-order valence-electron chi connectivity index (χ0n) is 11.6. The Morgan fingerprint density at radius 2 is 1.21 bits per heavy atom. The van der Waals surface area contributed by atoms with E-state index in [2.05, 4.69) is 55.4 Å². The molecule has 0 heterocycles. The number of hydrogen-bond acceptors (Lipinski definition) is 0. The summed E-state index contributed by atoms with van der Waals surface area (Å²) in [6, 6.07) is 0. The van der Waals surface area contributed by atoms with Gasteiger partial charge in [0.05, 0.1) is 0 Å². The SMILES string of the molecule is CCCC(C)(CC(C)(C)C)C(C)(C)C.